The fraction of sp³-hybridized carbons (Fsp3) is 0.571. The van der Waals surface area contributed by atoms with Crippen LogP contribution in [0.2, 0.25) is 0 Å². The van der Waals surface area contributed by atoms with Crippen LogP contribution in [0.5, 0.6) is 0 Å². The fourth-order valence-corrected chi connectivity index (χ4v) is 6.43. The molecular weight excluding hydrogens is 358 g/mol. The molecule has 0 radical (unpaired) electrons. The Morgan fingerprint density at radius 2 is 1.96 bits per heavy atom. The summed E-state index contributed by atoms with van der Waals surface area (Å²) in [6.45, 7) is 4.74. The molecule has 144 valence electrons. The van der Waals surface area contributed by atoms with E-state index < -0.39 is 0 Å². The molecule has 4 atom stereocenters. The van der Waals surface area contributed by atoms with Gasteiger partial charge in [-0.3, -0.25) is 4.90 Å². The second kappa shape index (κ2) is 6.85. The summed E-state index contributed by atoms with van der Waals surface area (Å²) in [6.07, 6.45) is 4.14. The lowest BCUT2D eigenvalue weighted by atomic mass is 9.95. The smallest absolute Gasteiger partial charge is 0.185 e. The van der Waals surface area contributed by atoms with Gasteiger partial charge in [0.25, 0.3) is 0 Å². The van der Waals surface area contributed by atoms with E-state index in [-0.39, 0.29) is 30.0 Å². The monoisotopic (exact) mass is 385 g/mol. The van der Waals surface area contributed by atoms with Crippen LogP contribution in [0, 0.1) is 11.3 Å². The molecule has 0 bridgehead atoms. The third kappa shape index (κ3) is 2.90. The first-order valence-electron chi connectivity index (χ1n) is 9.98. The Balaban J connectivity index is 1.30. The normalized spacial score (nSPS) is 33.3. The van der Waals surface area contributed by atoms with Crippen LogP contribution in [-0.4, -0.2) is 59.0 Å². The summed E-state index contributed by atoms with van der Waals surface area (Å²) >= 11 is 1.78. The quantitative estimate of drug-likeness (QED) is 0.827. The SMILES string of the molecule is OC[C@@H]1[C@@H](c2ccccc2)[C@]12CN(Cc1cnc(N3CCCC3)s1)C[C@@H]2O. The van der Waals surface area contributed by atoms with Crippen LogP contribution in [0.4, 0.5) is 5.13 Å². The van der Waals surface area contributed by atoms with Gasteiger partial charge in [-0.25, -0.2) is 4.98 Å². The van der Waals surface area contributed by atoms with Crippen molar-refractivity contribution in [2.24, 2.45) is 11.3 Å². The molecule has 5 rings (SSSR count). The van der Waals surface area contributed by atoms with Crippen molar-refractivity contribution in [3.8, 4) is 0 Å². The molecule has 1 aromatic carbocycles. The number of nitrogens with zero attached hydrogens (tertiary/aromatic N) is 3. The van der Waals surface area contributed by atoms with Crippen molar-refractivity contribution in [2.75, 3.05) is 37.7 Å². The van der Waals surface area contributed by atoms with Crippen LogP contribution in [-0.2, 0) is 6.54 Å². The van der Waals surface area contributed by atoms with Gasteiger partial charge in [-0.2, -0.15) is 0 Å². The van der Waals surface area contributed by atoms with Crippen LogP contribution >= 0.6 is 11.3 Å². The highest BCUT2D eigenvalue weighted by atomic mass is 32.1. The Kier molecular flexibility index (Phi) is 4.47. The van der Waals surface area contributed by atoms with E-state index in [4.69, 9.17) is 0 Å². The lowest BCUT2D eigenvalue weighted by Gasteiger charge is -2.16. The van der Waals surface area contributed by atoms with Crippen molar-refractivity contribution < 1.29 is 10.2 Å². The number of anilines is 1. The fourth-order valence-electron chi connectivity index (χ4n) is 5.43. The van der Waals surface area contributed by atoms with Gasteiger partial charge in [-0.05, 0) is 30.2 Å². The number of hydrogen-bond acceptors (Lipinski definition) is 6. The minimum Gasteiger partial charge on any atom is -0.396 e. The molecule has 3 heterocycles. The lowest BCUT2D eigenvalue weighted by molar-refractivity contribution is 0.111. The summed E-state index contributed by atoms with van der Waals surface area (Å²) in [6, 6.07) is 10.4. The van der Waals surface area contributed by atoms with Crippen molar-refractivity contribution in [3.63, 3.8) is 0 Å². The number of rotatable bonds is 5. The number of hydrogen-bond donors (Lipinski definition) is 2. The van der Waals surface area contributed by atoms with Gasteiger partial charge in [0, 0.05) is 55.8 Å². The molecule has 1 aliphatic carbocycles. The third-order valence-corrected chi connectivity index (χ3v) is 7.81. The average molecular weight is 386 g/mol. The van der Waals surface area contributed by atoms with E-state index in [1.54, 1.807) is 11.3 Å². The van der Waals surface area contributed by atoms with E-state index in [2.05, 4.69) is 26.9 Å². The highest BCUT2D eigenvalue weighted by Gasteiger charge is 2.70. The van der Waals surface area contributed by atoms with Crippen molar-refractivity contribution in [1.82, 2.24) is 9.88 Å². The molecule has 2 N–H and O–H groups in total. The Hall–Kier alpha value is -1.47. The molecule has 0 amide bonds. The van der Waals surface area contributed by atoms with Gasteiger partial charge < -0.3 is 15.1 Å². The molecule has 1 saturated carbocycles. The van der Waals surface area contributed by atoms with Crippen LogP contribution in [0.25, 0.3) is 0 Å². The summed E-state index contributed by atoms with van der Waals surface area (Å²) in [5.41, 5.74) is 1.05. The van der Waals surface area contributed by atoms with E-state index in [1.807, 2.05) is 24.4 Å². The maximum absolute atomic E-state index is 10.9. The molecule has 2 aliphatic heterocycles. The summed E-state index contributed by atoms with van der Waals surface area (Å²) < 4.78 is 0. The molecule has 2 saturated heterocycles. The van der Waals surface area contributed by atoms with Gasteiger partial charge in [0.2, 0.25) is 0 Å². The Labute approximate surface area is 164 Å². The van der Waals surface area contributed by atoms with Crippen LogP contribution in [0.1, 0.15) is 29.2 Å². The van der Waals surface area contributed by atoms with E-state index in [0.717, 1.165) is 31.3 Å². The second-order valence-electron chi connectivity index (χ2n) is 8.28. The Morgan fingerprint density at radius 1 is 1.19 bits per heavy atom. The number of aliphatic hydroxyl groups is 2. The summed E-state index contributed by atoms with van der Waals surface area (Å²) in [4.78, 5) is 10.6. The van der Waals surface area contributed by atoms with Crippen molar-refractivity contribution >= 4 is 16.5 Å². The Morgan fingerprint density at radius 3 is 2.70 bits per heavy atom. The van der Waals surface area contributed by atoms with Gasteiger partial charge in [0.15, 0.2) is 5.13 Å². The van der Waals surface area contributed by atoms with E-state index in [0.29, 0.717) is 6.54 Å². The number of aliphatic hydroxyl groups excluding tert-OH is 2. The average Bonchev–Trinajstić information content (AvgIpc) is 3.14. The molecule has 27 heavy (non-hydrogen) atoms. The van der Waals surface area contributed by atoms with Crippen LogP contribution in [0.15, 0.2) is 36.5 Å². The molecule has 1 aromatic heterocycles. The molecule has 2 aromatic rings. The lowest BCUT2D eigenvalue weighted by Crippen LogP contribution is -2.23. The summed E-state index contributed by atoms with van der Waals surface area (Å²) in [7, 11) is 0. The zero-order valence-electron chi connectivity index (χ0n) is 15.5. The largest absolute Gasteiger partial charge is 0.396 e. The minimum atomic E-state index is -0.383. The van der Waals surface area contributed by atoms with E-state index in [9.17, 15) is 10.2 Å². The standard InChI is InChI=1S/C21H27N3O2S/c25-13-17-19(15-6-2-1-3-7-15)21(17)14-23(12-18(21)26)11-16-10-22-20(27-16)24-8-4-5-9-24/h1-3,6-7,10,17-19,25-26H,4-5,8-9,11-14H2/t17-,18+,19-,21-/m1/s1. The molecule has 5 nitrogen and oxygen atoms in total. The first-order valence-corrected chi connectivity index (χ1v) is 10.8. The maximum atomic E-state index is 10.9. The van der Waals surface area contributed by atoms with Crippen molar-refractivity contribution in [2.45, 2.75) is 31.4 Å². The van der Waals surface area contributed by atoms with E-state index in [1.165, 1.54) is 23.3 Å². The topological polar surface area (TPSA) is 59.8 Å². The molecule has 0 unspecified atom stereocenters. The number of thiazole rings is 1. The highest BCUT2D eigenvalue weighted by Crippen LogP contribution is 2.68. The van der Waals surface area contributed by atoms with Gasteiger partial charge in [-0.1, -0.05) is 30.3 Å². The zero-order chi connectivity index (χ0) is 18.4. The molecule has 3 aliphatic rings. The first kappa shape index (κ1) is 17.6. The molecule has 3 fully saturated rings. The number of likely N-dealkylation sites (tertiary alicyclic amines) is 1. The van der Waals surface area contributed by atoms with Gasteiger partial charge in [-0.15, -0.1) is 11.3 Å². The summed E-state index contributed by atoms with van der Waals surface area (Å²) in [5, 5.41) is 22.0. The van der Waals surface area contributed by atoms with Gasteiger partial charge >= 0.3 is 0 Å². The molecule has 6 heteroatoms. The predicted octanol–water partition coefficient (Wildman–Crippen LogP) is 2.31. The highest BCUT2D eigenvalue weighted by molar-refractivity contribution is 7.15. The predicted molar refractivity (Wildman–Crippen MR) is 107 cm³/mol. The number of aromatic nitrogens is 1. The number of β-amino-alcohol motifs (C(OH)–C–C–N with tert-alkyl or cyclic N) is 1. The van der Waals surface area contributed by atoms with Crippen LogP contribution in [0.3, 0.4) is 0 Å². The van der Waals surface area contributed by atoms with Gasteiger partial charge in [0.1, 0.15) is 0 Å². The zero-order valence-corrected chi connectivity index (χ0v) is 16.3. The minimum absolute atomic E-state index is 0.143. The van der Waals surface area contributed by atoms with E-state index >= 15 is 0 Å². The third-order valence-electron chi connectivity index (χ3n) is 6.76. The van der Waals surface area contributed by atoms with Crippen molar-refractivity contribution in [1.29, 1.82) is 0 Å². The second-order valence-corrected chi connectivity index (χ2v) is 9.37. The van der Waals surface area contributed by atoms with Crippen molar-refractivity contribution in [3.05, 3.63) is 47.0 Å². The van der Waals surface area contributed by atoms with Crippen LogP contribution < -0.4 is 4.90 Å². The van der Waals surface area contributed by atoms with Gasteiger partial charge in [0.05, 0.1) is 6.10 Å². The maximum Gasteiger partial charge on any atom is 0.185 e. The Bertz CT molecular complexity index is 792. The molecular formula is C21H27N3O2S. The first-order chi connectivity index (χ1) is 13.2. The summed E-state index contributed by atoms with van der Waals surface area (Å²) in [5.74, 6) is 0.409. The molecule has 1 spiro atoms. The number of benzene rings is 1.